The normalized spacial score (nSPS) is 24.8. The molecule has 0 spiro atoms. The van der Waals surface area contributed by atoms with E-state index in [1.54, 1.807) is 9.80 Å². The zero-order chi connectivity index (χ0) is 12.3. The van der Waals surface area contributed by atoms with Crippen LogP contribution in [0.3, 0.4) is 0 Å². The lowest BCUT2D eigenvalue weighted by molar-refractivity contribution is -0.144. The summed E-state index contributed by atoms with van der Waals surface area (Å²) in [4.78, 5) is 26.9. The maximum absolute atomic E-state index is 12.0. The summed E-state index contributed by atoms with van der Waals surface area (Å²) in [5.41, 5.74) is 0. The third-order valence-corrected chi connectivity index (χ3v) is 3.28. The van der Waals surface area contributed by atoms with Crippen LogP contribution in [-0.4, -0.2) is 60.5 Å². The summed E-state index contributed by atoms with van der Waals surface area (Å²) < 4.78 is 5.38. The Labute approximate surface area is 101 Å². The molecule has 0 N–H and O–H groups in total. The number of piperazine rings is 1. The molecule has 0 aromatic rings. The largest absolute Gasteiger partial charge is 0.368 e. The molecule has 2 fully saturated rings. The van der Waals surface area contributed by atoms with Crippen LogP contribution in [0.4, 0.5) is 0 Å². The SMILES string of the molecule is C=CC(=O)N1CCN(C(=O)C2CCCO2)CC1. The average molecular weight is 238 g/mol. The number of carbonyl (C=O) groups excluding carboxylic acids is 2. The summed E-state index contributed by atoms with van der Waals surface area (Å²) in [6.07, 6.45) is 2.85. The summed E-state index contributed by atoms with van der Waals surface area (Å²) in [5.74, 6) is 0.0161. The fraction of sp³-hybridized carbons (Fsp3) is 0.667. The van der Waals surface area contributed by atoms with Crippen molar-refractivity contribution in [2.24, 2.45) is 0 Å². The third-order valence-electron chi connectivity index (χ3n) is 3.28. The second-order valence-electron chi connectivity index (χ2n) is 4.36. The van der Waals surface area contributed by atoms with Crippen LogP contribution >= 0.6 is 0 Å². The Balaban J connectivity index is 1.84. The highest BCUT2D eigenvalue weighted by Crippen LogP contribution is 2.15. The quantitative estimate of drug-likeness (QED) is 0.637. The molecule has 0 aromatic carbocycles. The predicted molar refractivity (Wildman–Crippen MR) is 62.3 cm³/mol. The molecular formula is C12H18N2O3. The smallest absolute Gasteiger partial charge is 0.251 e. The van der Waals surface area contributed by atoms with Crippen LogP contribution in [0.25, 0.3) is 0 Å². The van der Waals surface area contributed by atoms with Gasteiger partial charge in [-0.2, -0.15) is 0 Å². The van der Waals surface area contributed by atoms with Crippen LogP contribution in [0.2, 0.25) is 0 Å². The molecule has 1 atom stereocenters. The summed E-state index contributed by atoms with van der Waals surface area (Å²) in [5, 5.41) is 0. The van der Waals surface area contributed by atoms with E-state index < -0.39 is 0 Å². The second-order valence-corrected chi connectivity index (χ2v) is 4.36. The van der Waals surface area contributed by atoms with Crippen molar-refractivity contribution in [3.8, 4) is 0 Å². The van der Waals surface area contributed by atoms with E-state index in [9.17, 15) is 9.59 Å². The van der Waals surface area contributed by atoms with Gasteiger partial charge in [0.2, 0.25) is 5.91 Å². The van der Waals surface area contributed by atoms with E-state index in [0.717, 1.165) is 12.8 Å². The number of rotatable bonds is 2. The zero-order valence-corrected chi connectivity index (χ0v) is 9.93. The first kappa shape index (κ1) is 12.1. The van der Waals surface area contributed by atoms with Gasteiger partial charge in [-0.05, 0) is 18.9 Å². The average Bonchev–Trinajstić information content (AvgIpc) is 2.91. The lowest BCUT2D eigenvalue weighted by Crippen LogP contribution is -2.52. The van der Waals surface area contributed by atoms with Crippen molar-refractivity contribution in [3.05, 3.63) is 12.7 Å². The molecule has 2 rings (SSSR count). The molecule has 94 valence electrons. The Morgan fingerprint density at radius 3 is 2.35 bits per heavy atom. The molecule has 5 nitrogen and oxygen atoms in total. The van der Waals surface area contributed by atoms with Crippen LogP contribution in [0, 0.1) is 0 Å². The summed E-state index contributed by atoms with van der Waals surface area (Å²) in [6, 6.07) is 0. The van der Waals surface area contributed by atoms with Crippen molar-refractivity contribution in [2.75, 3.05) is 32.8 Å². The maximum Gasteiger partial charge on any atom is 0.251 e. The molecule has 0 saturated carbocycles. The minimum atomic E-state index is -0.253. The Morgan fingerprint density at radius 1 is 1.18 bits per heavy atom. The van der Waals surface area contributed by atoms with E-state index in [-0.39, 0.29) is 17.9 Å². The molecule has 2 heterocycles. The second kappa shape index (κ2) is 5.31. The number of nitrogens with zero attached hydrogens (tertiary/aromatic N) is 2. The van der Waals surface area contributed by atoms with Gasteiger partial charge in [0.25, 0.3) is 5.91 Å². The number of amides is 2. The fourth-order valence-electron chi connectivity index (χ4n) is 2.25. The van der Waals surface area contributed by atoms with Crippen LogP contribution in [-0.2, 0) is 14.3 Å². The van der Waals surface area contributed by atoms with Crippen molar-refractivity contribution >= 4 is 11.8 Å². The molecule has 2 amide bonds. The molecule has 2 aliphatic rings. The lowest BCUT2D eigenvalue weighted by atomic mass is 10.2. The monoisotopic (exact) mass is 238 g/mol. The van der Waals surface area contributed by atoms with Crippen molar-refractivity contribution in [1.82, 2.24) is 9.80 Å². The van der Waals surface area contributed by atoms with Gasteiger partial charge in [0.1, 0.15) is 6.10 Å². The molecule has 2 aliphatic heterocycles. The van der Waals surface area contributed by atoms with Gasteiger partial charge >= 0.3 is 0 Å². The first-order valence-corrected chi connectivity index (χ1v) is 6.04. The molecule has 2 saturated heterocycles. The van der Waals surface area contributed by atoms with Crippen LogP contribution in [0.1, 0.15) is 12.8 Å². The highest BCUT2D eigenvalue weighted by molar-refractivity contribution is 5.87. The summed E-state index contributed by atoms with van der Waals surface area (Å²) in [6.45, 7) is 6.51. The highest BCUT2D eigenvalue weighted by atomic mass is 16.5. The number of carbonyl (C=O) groups is 2. The van der Waals surface area contributed by atoms with Crippen LogP contribution < -0.4 is 0 Å². The maximum atomic E-state index is 12.0. The standard InChI is InChI=1S/C12H18N2O3/c1-2-11(15)13-5-7-14(8-6-13)12(16)10-4-3-9-17-10/h2,10H,1,3-9H2. The molecule has 1 unspecified atom stereocenters. The van der Waals surface area contributed by atoms with Crippen LogP contribution in [0.5, 0.6) is 0 Å². The first-order chi connectivity index (χ1) is 8.22. The van der Waals surface area contributed by atoms with Gasteiger partial charge in [0.05, 0.1) is 0 Å². The van der Waals surface area contributed by atoms with E-state index >= 15 is 0 Å². The molecule has 0 aliphatic carbocycles. The first-order valence-electron chi connectivity index (χ1n) is 6.04. The van der Waals surface area contributed by atoms with Crippen molar-refractivity contribution in [2.45, 2.75) is 18.9 Å². The molecular weight excluding hydrogens is 220 g/mol. The summed E-state index contributed by atoms with van der Waals surface area (Å²) in [7, 11) is 0. The topological polar surface area (TPSA) is 49.9 Å². The fourth-order valence-corrected chi connectivity index (χ4v) is 2.25. The van der Waals surface area contributed by atoms with E-state index in [2.05, 4.69) is 6.58 Å². The van der Waals surface area contributed by atoms with Crippen molar-refractivity contribution in [1.29, 1.82) is 0 Å². The Morgan fingerprint density at radius 2 is 1.82 bits per heavy atom. The van der Waals surface area contributed by atoms with Gasteiger partial charge in [-0.3, -0.25) is 9.59 Å². The van der Waals surface area contributed by atoms with Crippen LogP contribution in [0.15, 0.2) is 12.7 Å². The predicted octanol–water partition coefficient (Wildman–Crippen LogP) is 0.0222. The summed E-state index contributed by atoms with van der Waals surface area (Å²) >= 11 is 0. The van der Waals surface area contributed by atoms with Gasteiger partial charge < -0.3 is 14.5 Å². The molecule has 5 heteroatoms. The Kier molecular flexibility index (Phi) is 3.78. The van der Waals surface area contributed by atoms with E-state index in [1.165, 1.54) is 6.08 Å². The lowest BCUT2D eigenvalue weighted by Gasteiger charge is -2.35. The molecule has 0 bridgehead atoms. The highest BCUT2D eigenvalue weighted by Gasteiger charge is 2.30. The molecule has 17 heavy (non-hydrogen) atoms. The van der Waals surface area contributed by atoms with E-state index in [0.29, 0.717) is 32.8 Å². The van der Waals surface area contributed by atoms with Crippen molar-refractivity contribution < 1.29 is 14.3 Å². The molecule has 0 radical (unpaired) electrons. The zero-order valence-electron chi connectivity index (χ0n) is 9.93. The van der Waals surface area contributed by atoms with E-state index in [1.807, 2.05) is 0 Å². The number of hydrogen-bond acceptors (Lipinski definition) is 3. The van der Waals surface area contributed by atoms with Gasteiger partial charge in [0, 0.05) is 32.8 Å². The van der Waals surface area contributed by atoms with Gasteiger partial charge in [0.15, 0.2) is 0 Å². The van der Waals surface area contributed by atoms with Crippen molar-refractivity contribution in [3.63, 3.8) is 0 Å². The minimum absolute atomic E-state index is 0.0609. The number of ether oxygens (including phenoxy) is 1. The van der Waals surface area contributed by atoms with Gasteiger partial charge in [-0.15, -0.1) is 0 Å². The third kappa shape index (κ3) is 2.66. The minimum Gasteiger partial charge on any atom is -0.368 e. The van der Waals surface area contributed by atoms with Gasteiger partial charge in [-0.1, -0.05) is 6.58 Å². The Bertz CT molecular complexity index is 316. The van der Waals surface area contributed by atoms with Gasteiger partial charge in [-0.25, -0.2) is 0 Å². The molecule has 0 aromatic heterocycles. The number of hydrogen-bond donors (Lipinski definition) is 0. The van der Waals surface area contributed by atoms with E-state index in [4.69, 9.17) is 4.74 Å². The Hall–Kier alpha value is -1.36.